The quantitative estimate of drug-likeness (QED) is 0.415. The molecule has 0 radical (unpaired) electrons. The molecule has 0 spiro atoms. The summed E-state index contributed by atoms with van der Waals surface area (Å²) in [5.41, 5.74) is 2.52. The number of hydrogen-bond acceptors (Lipinski definition) is 5. The van der Waals surface area contributed by atoms with Crippen LogP contribution in [0.2, 0.25) is 0 Å². The van der Waals surface area contributed by atoms with E-state index in [9.17, 15) is 24.3 Å². The number of phenols is 1. The highest BCUT2D eigenvalue weighted by molar-refractivity contribution is 6.12. The Balaban J connectivity index is 1.37. The molecule has 2 aromatic carbocycles. The van der Waals surface area contributed by atoms with Crippen molar-refractivity contribution in [3.05, 3.63) is 71.8 Å². The minimum atomic E-state index is -0.398. The van der Waals surface area contributed by atoms with Gasteiger partial charge in [-0.15, -0.1) is 0 Å². The topological polar surface area (TPSA) is 116 Å². The van der Waals surface area contributed by atoms with Crippen molar-refractivity contribution in [2.75, 3.05) is 18.4 Å². The summed E-state index contributed by atoms with van der Waals surface area (Å²) in [5.74, 6) is -1.20. The van der Waals surface area contributed by atoms with Crippen LogP contribution in [0.3, 0.4) is 0 Å². The Morgan fingerprint density at radius 1 is 0.812 bits per heavy atom. The number of carbonyl (C=O) groups excluding carboxylic acids is 4. The van der Waals surface area contributed by atoms with Crippen molar-refractivity contribution < 1.29 is 24.3 Å². The van der Waals surface area contributed by atoms with Gasteiger partial charge in [-0.25, -0.2) is 0 Å². The third kappa shape index (κ3) is 6.66. The van der Waals surface area contributed by atoms with Gasteiger partial charge in [0.1, 0.15) is 5.75 Å². The lowest BCUT2D eigenvalue weighted by molar-refractivity contribution is -0.137. The molecule has 0 unspecified atom stereocenters. The van der Waals surface area contributed by atoms with Gasteiger partial charge in [-0.05, 0) is 35.4 Å². The molecule has 0 saturated heterocycles. The maximum atomic E-state index is 12.1. The molecule has 8 heteroatoms. The van der Waals surface area contributed by atoms with E-state index in [-0.39, 0.29) is 43.5 Å². The highest BCUT2D eigenvalue weighted by Gasteiger charge is 2.22. The van der Waals surface area contributed by atoms with E-state index < -0.39 is 11.8 Å². The summed E-state index contributed by atoms with van der Waals surface area (Å²) in [6, 6.07) is 14.1. The standard InChI is InChI=1S/C24H23N3O5/c28-20-9-5-18(6-10-20)2-1-17-3-7-19(8-4-17)26-22(30)12-11-21(29)25-15-16-27-23(31)13-14-24(27)32/h1-10,13-14,28H,11-12,15-16H2,(H,25,29)(H,26,30)/b2-1+. The summed E-state index contributed by atoms with van der Waals surface area (Å²) in [7, 11) is 0. The first-order valence-electron chi connectivity index (χ1n) is 10.1. The van der Waals surface area contributed by atoms with Crippen LogP contribution >= 0.6 is 0 Å². The van der Waals surface area contributed by atoms with Gasteiger partial charge in [0.05, 0.1) is 0 Å². The van der Waals surface area contributed by atoms with Crippen molar-refractivity contribution in [3.8, 4) is 5.75 Å². The monoisotopic (exact) mass is 433 g/mol. The maximum Gasteiger partial charge on any atom is 0.253 e. The Morgan fingerprint density at radius 3 is 1.94 bits per heavy atom. The molecule has 8 nitrogen and oxygen atoms in total. The number of aromatic hydroxyl groups is 1. The fraction of sp³-hybridized carbons (Fsp3) is 0.167. The fourth-order valence-electron chi connectivity index (χ4n) is 2.95. The van der Waals surface area contributed by atoms with Gasteiger partial charge in [0.2, 0.25) is 11.8 Å². The van der Waals surface area contributed by atoms with Crippen LogP contribution < -0.4 is 10.6 Å². The number of nitrogens with zero attached hydrogens (tertiary/aromatic N) is 1. The van der Waals surface area contributed by atoms with Crippen molar-refractivity contribution in [1.82, 2.24) is 10.2 Å². The molecule has 3 rings (SSSR count). The van der Waals surface area contributed by atoms with Crippen molar-refractivity contribution in [2.45, 2.75) is 12.8 Å². The summed E-state index contributed by atoms with van der Waals surface area (Å²) < 4.78 is 0. The number of carbonyl (C=O) groups is 4. The Bertz CT molecular complexity index is 1040. The van der Waals surface area contributed by atoms with Gasteiger partial charge in [0, 0.05) is 43.8 Å². The van der Waals surface area contributed by atoms with E-state index in [1.165, 1.54) is 12.2 Å². The summed E-state index contributed by atoms with van der Waals surface area (Å²) in [5, 5.41) is 14.6. The number of rotatable bonds is 9. The Hall–Kier alpha value is -4.20. The molecule has 3 N–H and O–H groups in total. The Morgan fingerprint density at radius 2 is 1.34 bits per heavy atom. The summed E-state index contributed by atoms with van der Waals surface area (Å²) in [4.78, 5) is 47.8. The minimum absolute atomic E-state index is 0.000568. The fourth-order valence-corrected chi connectivity index (χ4v) is 2.95. The molecular formula is C24H23N3O5. The predicted molar refractivity (Wildman–Crippen MR) is 120 cm³/mol. The van der Waals surface area contributed by atoms with E-state index in [1.54, 1.807) is 36.4 Å². The normalized spacial score (nSPS) is 13.1. The number of amides is 4. The van der Waals surface area contributed by atoms with Crippen molar-refractivity contribution in [3.63, 3.8) is 0 Å². The van der Waals surface area contributed by atoms with Crippen LogP contribution in [0.4, 0.5) is 5.69 Å². The van der Waals surface area contributed by atoms with Gasteiger partial charge in [0.25, 0.3) is 11.8 Å². The SMILES string of the molecule is O=C(CCC(=O)Nc1ccc(/C=C/c2ccc(O)cc2)cc1)NCCN1C(=O)C=CC1=O. The van der Waals surface area contributed by atoms with E-state index in [2.05, 4.69) is 10.6 Å². The molecule has 1 aliphatic heterocycles. The zero-order valence-corrected chi connectivity index (χ0v) is 17.3. The highest BCUT2D eigenvalue weighted by Crippen LogP contribution is 2.15. The van der Waals surface area contributed by atoms with Crippen LogP contribution in [0.5, 0.6) is 5.75 Å². The van der Waals surface area contributed by atoms with E-state index in [1.807, 2.05) is 24.3 Å². The van der Waals surface area contributed by atoms with Gasteiger partial charge < -0.3 is 15.7 Å². The molecule has 1 heterocycles. The van der Waals surface area contributed by atoms with E-state index in [4.69, 9.17) is 0 Å². The van der Waals surface area contributed by atoms with Crippen LogP contribution in [0, 0.1) is 0 Å². The summed E-state index contributed by atoms with van der Waals surface area (Å²) in [6.07, 6.45) is 6.22. The second-order valence-corrected chi connectivity index (χ2v) is 7.11. The molecule has 32 heavy (non-hydrogen) atoms. The lowest BCUT2D eigenvalue weighted by atomic mass is 10.1. The largest absolute Gasteiger partial charge is 0.508 e. The zero-order chi connectivity index (χ0) is 22.9. The number of imide groups is 1. The van der Waals surface area contributed by atoms with Crippen LogP contribution in [0.25, 0.3) is 12.2 Å². The van der Waals surface area contributed by atoms with Gasteiger partial charge in [-0.3, -0.25) is 24.1 Å². The van der Waals surface area contributed by atoms with Gasteiger partial charge in [-0.1, -0.05) is 36.4 Å². The van der Waals surface area contributed by atoms with Crippen molar-refractivity contribution in [2.24, 2.45) is 0 Å². The zero-order valence-electron chi connectivity index (χ0n) is 17.3. The molecular weight excluding hydrogens is 410 g/mol. The third-order valence-electron chi connectivity index (χ3n) is 4.69. The van der Waals surface area contributed by atoms with Crippen LogP contribution in [-0.4, -0.2) is 46.7 Å². The number of phenolic OH excluding ortho intramolecular Hbond substituents is 1. The highest BCUT2D eigenvalue weighted by atomic mass is 16.3. The van der Waals surface area contributed by atoms with Crippen molar-refractivity contribution >= 4 is 41.5 Å². The van der Waals surface area contributed by atoms with Gasteiger partial charge >= 0.3 is 0 Å². The second-order valence-electron chi connectivity index (χ2n) is 7.11. The first-order valence-corrected chi connectivity index (χ1v) is 10.1. The number of nitrogens with one attached hydrogen (secondary N) is 2. The molecule has 0 fully saturated rings. The van der Waals surface area contributed by atoms with E-state index >= 15 is 0 Å². The molecule has 164 valence electrons. The molecule has 0 aromatic heterocycles. The van der Waals surface area contributed by atoms with Gasteiger partial charge in [0.15, 0.2) is 0 Å². The molecule has 0 atom stereocenters. The molecule has 0 aliphatic carbocycles. The van der Waals surface area contributed by atoms with E-state index in [0.717, 1.165) is 16.0 Å². The van der Waals surface area contributed by atoms with Crippen LogP contribution in [-0.2, 0) is 19.2 Å². The maximum absolute atomic E-state index is 12.1. The summed E-state index contributed by atoms with van der Waals surface area (Å²) >= 11 is 0. The first kappa shape index (κ1) is 22.5. The lowest BCUT2D eigenvalue weighted by Crippen LogP contribution is -2.38. The smallest absolute Gasteiger partial charge is 0.253 e. The van der Waals surface area contributed by atoms with Crippen LogP contribution in [0.15, 0.2) is 60.7 Å². The molecule has 0 bridgehead atoms. The van der Waals surface area contributed by atoms with Gasteiger partial charge in [-0.2, -0.15) is 0 Å². The number of anilines is 1. The molecule has 1 aliphatic rings. The summed E-state index contributed by atoms with van der Waals surface area (Å²) in [6.45, 7) is 0.231. The minimum Gasteiger partial charge on any atom is -0.508 e. The molecule has 2 aromatic rings. The number of benzene rings is 2. The molecule has 0 saturated carbocycles. The Labute approximate surface area is 185 Å². The van der Waals surface area contributed by atoms with Crippen molar-refractivity contribution in [1.29, 1.82) is 0 Å². The second kappa shape index (κ2) is 10.7. The average molecular weight is 433 g/mol. The molecule has 4 amide bonds. The average Bonchev–Trinajstić information content (AvgIpc) is 3.10. The first-order chi connectivity index (χ1) is 15.4. The number of hydrogen-bond donors (Lipinski definition) is 3. The predicted octanol–water partition coefficient (Wildman–Crippen LogP) is 2.32. The van der Waals surface area contributed by atoms with Crippen LogP contribution in [0.1, 0.15) is 24.0 Å². The van der Waals surface area contributed by atoms with E-state index in [0.29, 0.717) is 5.69 Å². The lowest BCUT2D eigenvalue weighted by Gasteiger charge is -2.13. The third-order valence-corrected chi connectivity index (χ3v) is 4.69. The Kier molecular flexibility index (Phi) is 7.53.